The molecule has 0 bridgehead atoms. The molecular weight excluding hydrogens is 265 g/mol. The van der Waals surface area contributed by atoms with Crippen LogP contribution < -0.4 is 0 Å². The van der Waals surface area contributed by atoms with Crippen LogP contribution in [-0.2, 0) is 10.6 Å². The monoisotopic (exact) mass is 285 g/mol. The van der Waals surface area contributed by atoms with E-state index in [0.717, 1.165) is 12.1 Å². The van der Waals surface area contributed by atoms with Gasteiger partial charge in [0.1, 0.15) is 31.4 Å². The van der Waals surface area contributed by atoms with E-state index >= 15 is 0 Å². The van der Waals surface area contributed by atoms with Gasteiger partial charge >= 0.3 is 0 Å². The van der Waals surface area contributed by atoms with E-state index in [9.17, 15) is 4.79 Å². The minimum Gasteiger partial charge on any atom is -0.345 e. The lowest BCUT2D eigenvalue weighted by Crippen LogP contribution is -2.60. The lowest BCUT2D eigenvalue weighted by molar-refractivity contribution is 0.0676. The summed E-state index contributed by atoms with van der Waals surface area (Å²) < 4.78 is 0. The van der Waals surface area contributed by atoms with E-state index in [4.69, 9.17) is 0 Å². The second-order valence-corrected chi connectivity index (χ2v) is 7.25. The number of rotatable bonds is 1. The Morgan fingerprint density at radius 3 is 2.05 bits per heavy atom. The minimum atomic E-state index is -0.307. The maximum absolute atomic E-state index is 13.0. The fourth-order valence-electron chi connectivity index (χ4n) is 3.49. The maximum atomic E-state index is 13.0. The van der Waals surface area contributed by atoms with Crippen molar-refractivity contribution in [3.63, 3.8) is 0 Å². The average Bonchev–Trinajstić information content (AvgIpc) is 2.52. The first-order valence-corrected chi connectivity index (χ1v) is 7.81. The molecule has 0 aromatic heterocycles. The van der Waals surface area contributed by atoms with Crippen LogP contribution in [0, 0.1) is 0 Å². The molecule has 22 heavy (non-hydrogen) atoms. The summed E-state index contributed by atoms with van der Waals surface area (Å²) in [6.07, 6.45) is 0. The quantitative estimate of drug-likeness (QED) is 0.592. The molecule has 2 nitrogen and oxygen atoms in total. The van der Waals surface area contributed by atoms with Gasteiger partial charge in [0, 0.05) is 17.4 Å². The molecule has 0 aliphatic carbocycles. The fraction of sp³-hybridized carbons (Fsp3) is 0.188. The molecule has 0 fully saturated rings. The normalized spacial score (nSPS) is 18.5. The Hall–Kier alpha value is -1.83. The van der Waals surface area contributed by atoms with Crippen molar-refractivity contribution in [2.45, 2.75) is 10.6 Å². The minimum absolute atomic E-state index is 0.0451. The van der Waals surface area contributed by atoms with Gasteiger partial charge in [-0.1, -0.05) is 48.0 Å². The van der Waals surface area contributed by atoms with E-state index in [1.807, 2.05) is 35.2 Å². The van der Waals surface area contributed by atoms with Crippen molar-refractivity contribution in [3.8, 4) is 0 Å². The predicted molar refractivity (Wildman–Crippen MR) is 101 cm³/mol. The highest BCUT2D eigenvalue weighted by atomic mass is 16.2. The van der Waals surface area contributed by atoms with Crippen LogP contribution in [0.4, 0.5) is 0 Å². The Balaban J connectivity index is 2.10. The zero-order valence-electron chi connectivity index (χ0n) is 13.8. The molecule has 3 rings (SSSR count). The van der Waals surface area contributed by atoms with Gasteiger partial charge in [-0.15, -0.1) is 0 Å². The van der Waals surface area contributed by atoms with Gasteiger partial charge < -0.3 is 4.90 Å². The number of carbonyl (C=O) groups is 1. The van der Waals surface area contributed by atoms with E-state index in [2.05, 4.69) is 55.7 Å². The summed E-state index contributed by atoms with van der Waals surface area (Å²) >= 11 is 0. The van der Waals surface area contributed by atoms with Gasteiger partial charge in [0.25, 0.3) is 5.91 Å². The summed E-state index contributed by atoms with van der Waals surface area (Å²) in [7, 11) is 8.71. The van der Waals surface area contributed by atoms with Crippen LogP contribution in [0.5, 0.6) is 0 Å². The lowest BCUT2D eigenvalue weighted by Gasteiger charge is -2.51. The van der Waals surface area contributed by atoms with Gasteiger partial charge in [0.15, 0.2) is 0 Å². The number of nitrogens with zero attached hydrogens (tertiary/aromatic N) is 1. The summed E-state index contributed by atoms with van der Waals surface area (Å²) in [4.78, 5) is 15.1. The van der Waals surface area contributed by atoms with Crippen molar-refractivity contribution >= 4 is 37.3 Å². The highest BCUT2D eigenvalue weighted by molar-refractivity contribution is 6.44. The molecule has 6 heteroatoms. The van der Waals surface area contributed by atoms with E-state index in [1.54, 1.807) is 0 Å². The van der Waals surface area contributed by atoms with Gasteiger partial charge in [-0.3, -0.25) is 4.79 Å². The summed E-state index contributed by atoms with van der Waals surface area (Å²) in [6.45, 7) is 0.727. The van der Waals surface area contributed by atoms with Crippen molar-refractivity contribution < 1.29 is 4.79 Å². The van der Waals surface area contributed by atoms with Crippen molar-refractivity contribution in [1.82, 2.24) is 4.90 Å². The number of benzene rings is 2. The number of carbonyl (C=O) groups excluding carboxylic acids is 1. The zero-order chi connectivity index (χ0) is 16.0. The lowest BCUT2D eigenvalue weighted by atomic mass is 9.43. The standard InChI is InChI=1S/C16H19B4NO/c17-15(18)10-21(14(22)11-6-2-1-3-7-11)16(19,20)13-9-5-4-8-12(13)15/h1-9H,10,17-20H2. The SMILES string of the molecule is BC1(B)CN(C(=O)c2ccccc2)C(B)(B)c2ccccc21. The molecule has 1 aliphatic rings. The average molecular weight is 285 g/mol. The number of hydrogen-bond donors (Lipinski definition) is 0. The van der Waals surface area contributed by atoms with Gasteiger partial charge in [0.05, 0.1) is 0 Å². The van der Waals surface area contributed by atoms with Gasteiger partial charge in [-0.2, -0.15) is 0 Å². The van der Waals surface area contributed by atoms with Crippen LogP contribution in [0.1, 0.15) is 21.5 Å². The molecule has 106 valence electrons. The second-order valence-electron chi connectivity index (χ2n) is 7.25. The van der Waals surface area contributed by atoms with Crippen LogP contribution in [0.2, 0.25) is 0 Å². The van der Waals surface area contributed by atoms with Gasteiger partial charge in [-0.05, 0) is 22.9 Å². The number of fused-ring (bicyclic) bond motifs is 1. The molecule has 0 saturated heterocycles. The molecule has 1 amide bonds. The Labute approximate surface area is 135 Å². The van der Waals surface area contributed by atoms with Crippen molar-refractivity contribution in [1.29, 1.82) is 0 Å². The topological polar surface area (TPSA) is 20.3 Å². The van der Waals surface area contributed by atoms with Crippen LogP contribution in [0.25, 0.3) is 0 Å². The second kappa shape index (κ2) is 5.12. The predicted octanol–water partition coefficient (Wildman–Crippen LogP) is -1.36. The highest BCUT2D eigenvalue weighted by Gasteiger charge is 2.43. The summed E-state index contributed by atoms with van der Waals surface area (Å²) in [5, 5.41) is -0.352. The molecule has 1 aliphatic heterocycles. The molecular formula is C16H19B4NO. The maximum Gasteiger partial charge on any atom is 0.253 e. The Bertz CT molecular complexity index is 715. The molecule has 0 radical (unpaired) electrons. The summed E-state index contributed by atoms with van der Waals surface area (Å²) in [5.41, 5.74) is 3.35. The van der Waals surface area contributed by atoms with Crippen LogP contribution in [-0.4, -0.2) is 48.7 Å². The molecule has 0 saturated carbocycles. The number of hydrogen-bond acceptors (Lipinski definition) is 1. The molecule has 1 heterocycles. The molecule has 0 atom stereocenters. The summed E-state index contributed by atoms with van der Waals surface area (Å²) in [5.74, 6) is 0.105. The van der Waals surface area contributed by atoms with E-state index in [0.29, 0.717) is 0 Å². The first-order valence-electron chi connectivity index (χ1n) is 7.81. The summed E-state index contributed by atoms with van der Waals surface area (Å²) in [6, 6.07) is 18.1. The van der Waals surface area contributed by atoms with Gasteiger partial charge in [-0.25, -0.2) is 0 Å². The number of amides is 1. The Morgan fingerprint density at radius 1 is 0.864 bits per heavy atom. The van der Waals surface area contributed by atoms with E-state index < -0.39 is 0 Å². The molecule has 2 aromatic rings. The molecule has 2 aromatic carbocycles. The van der Waals surface area contributed by atoms with E-state index in [-0.39, 0.29) is 16.5 Å². The van der Waals surface area contributed by atoms with Crippen molar-refractivity contribution in [2.24, 2.45) is 0 Å². The third-order valence-electron chi connectivity index (χ3n) is 4.81. The third-order valence-corrected chi connectivity index (χ3v) is 4.81. The molecule has 0 N–H and O–H groups in total. The fourth-order valence-corrected chi connectivity index (χ4v) is 3.49. The van der Waals surface area contributed by atoms with Gasteiger partial charge in [0.2, 0.25) is 0 Å². The first-order chi connectivity index (χ1) is 10.3. The highest BCUT2D eigenvalue weighted by Crippen LogP contribution is 2.38. The largest absolute Gasteiger partial charge is 0.345 e. The van der Waals surface area contributed by atoms with Crippen LogP contribution in [0.3, 0.4) is 0 Å². The van der Waals surface area contributed by atoms with E-state index in [1.165, 1.54) is 11.1 Å². The Kier molecular flexibility index (Phi) is 3.51. The van der Waals surface area contributed by atoms with Crippen LogP contribution >= 0.6 is 0 Å². The Morgan fingerprint density at radius 2 is 1.41 bits per heavy atom. The molecule has 0 spiro atoms. The van der Waals surface area contributed by atoms with Crippen molar-refractivity contribution in [2.75, 3.05) is 6.54 Å². The van der Waals surface area contributed by atoms with Crippen molar-refractivity contribution in [3.05, 3.63) is 71.3 Å². The first kappa shape index (κ1) is 15.1. The molecule has 0 unspecified atom stereocenters. The zero-order valence-corrected chi connectivity index (χ0v) is 13.8. The van der Waals surface area contributed by atoms with Crippen LogP contribution in [0.15, 0.2) is 54.6 Å². The third kappa shape index (κ3) is 2.31. The smallest absolute Gasteiger partial charge is 0.253 e.